The summed E-state index contributed by atoms with van der Waals surface area (Å²) < 4.78 is 0. The van der Waals surface area contributed by atoms with Gasteiger partial charge in [-0.2, -0.15) is 0 Å². The van der Waals surface area contributed by atoms with E-state index < -0.39 is 0 Å². The summed E-state index contributed by atoms with van der Waals surface area (Å²) in [5.41, 5.74) is 8.30. The second kappa shape index (κ2) is 5.72. The van der Waals surface area contributed by atoms with Crippen LogP contribution in [0.15, 0.2) is 60.0 Å². The van der Waals surface area contributed by atoms with Crippen LogP contribution in [0.1, 0.15) is 4.88 Å². The van der Waals surface area contributed by atoms with Gasteiger partial charge in [-0.1, -0.05) is 35.5 Å². The average molecular weight is 296 g/mol. The second-order valence-electron chi connectivity index (χ2n) is 4.29. The summed E-state index contributed by atoms with van der Waals surface area (Å²) in [5, 5.41) is 12.9. The van der Waals surface area contributed by atoms with Gasteiger partial charge in [-0.15, -0.1) is 11.3 Å². The molecule has 104 valence electrons. The number of aromatic nitrogens is 2. The topological polar surface area (TPSA) is 84.4 Å². The smallest absolute Gasteiger partial charge is 0.182 e. The number of rotatable bonds is 3. The lowest BCUT2D eigenvalue weighted by Crippen LogP contribution is -2.12. The van der Waals surface area contributed by atoms with E-state index in [4.69, 9.17) is 10.9 Å². The van der Waals surface area contributed by atoms with Gasteiger partial charge in [0.15, 0.2) is 5.84 Å². The van der Waals surface area contributed by atoms with Gasteiger partial charge in [-0.25, -0.2) is 4.98 Å². The van der Waals surface area contributed by atoms with Crippen molar-refractivity contribution < 1.29 is 5.21 Å². The molecule has 0 aliphatic heterocycles. The number of hydrogen-bond acceptors (Lipinski definition) is 5. The molecule has 0 saturated heterocycles. The van der Waals surface area contributed by atoms with Gasteiger partial charge < -0.3 is 10.9 Å². The molecule has 0 aliphatic rings. The molecule has 0 atom stereocenters. The van der Waals surface area contributed by atoms with E-state index in [-0.39, 0.29) is 5.84 Å². The van der Waals surface area contributed by atoms with Crippen molar-refractivity contribution in [1.82, 2.24) is 9.97 Å². The highest BCUT2D eigenvalue weighted by Gasteiger charge is 2.17. The third-order valence-corrected chi connectivity index (χ3v) is 4.05. The van der Waals surface area contributed by atoms with Crippen LogP contribution < -0.4 is 5.73 Å². The lowest BCUT2D eigenvalue weighted by atomic mass is 10.1. The maximum atomic E-state index is 8.97. The van der Waals surface area contributed by atoms with Gasteiger partial charge in [-0.05, 0) is 12.1 Å². The zero-order valence-corrected chi connectivity index (χ0v) is 11.8. The standard InChI is InChI=1S/C15H12N4OS/c16-14(19-20)13-12(10-5-2-1-3-6-10)18-15(21-13)11-7-4-8-17-9-11/h1-9,20H,(H2,16,19). The Morgan fingerprint density at radius 1 is 1.10 bits per heavy atom. The van der Waals surface area contributed by atoms with Crippen molar-refractivity contribution in [2.24, 2.45) is 10.9 Å². The van der Waals surface area contributed by atoms with Crippen molar-refractivity contribution in [1.29, 1.82) is 0 Å². The molecule has 0 bridgehead atoms. The van der Waals surface area contributed by atoms with Gasteiger partial charge >= 0.3 is 0 Å². The van der Waals surface area contributed by atoms with Gasteiger partial charge in [0.1, 0.15) is 9.88 Å². The van der Waals surface area contributed by atoms with Crippen LogP contribution >= 0.6 is 11.3 Å². The van der Waals surface area contributed by atoms with Crippen LogP contribution in [-0.4, -0.2) is 21.0 Å². The molecule has 3 rings (SSSR count). The molecule has 0 spiro atoms. The third kappa shape index (κ3) is 2.61. The second-order valence-corrected chi connectivity index (χ2v) is 5.29. The average Bonchev–Trinajstić information content (AvgIpc) is 3.01. The van der Waals surface area contributed by atoms with E-state index in [1.165, 1.54) is 11.3 Å². The van der Waals surface area contributed by atoms with Crippen molar-refractivity contribution in [2.45, 2.75) is 0 Å². The Bertz CT molecular complexity index is 769. The van der Waals surface area contributed by atoms with Crippen LogP contribution in [0, 0.1) is 0 Å². The summed E-state index contributed by atoms with van der Waals surface area (Å²) >= 11 is 1.37. The van der Waals surface area contributed by atoms with E-state index in [1.54, 1.807) is 12.4 Å². The van der Waals surface area contributed by atoms with E-state index >= 15 is 0 Å². The molecule has 2 heterocycles. The lowest BCUT2D eigenvalue weighted by Gasteiger charge is -1.99. The minimum Gasteiger partial charge on any atom is -0.409 e. The fraction of sp³-hybridized carbons (Fsp3) is 0. The first-order chi connectivity index (χ1) is 10.3. The fourth-order valence-corrected chi connectivity index (χ4v) is 2.92. The lowest BCUT2D eigenvalue weighted by molar-refractivity contribution is 0.319. The van der Waals surface area contributed by atoms with Crippen LogP contribution in [0.3, 0.4) is 0 Å². The monoisotopic (exact) mass is 296 g/mol. The Balaban J connectivity index is 2.17. The molecule has 3 N–H and O–H groups in total. The largest absolute Gasteiger partial charge is 0.409 e. The predicted octanol–water partition coefficient (Wildman–Crippen LogP) is 2.97. The summed E-state index contributed by atoms with van der Waals surface area (Å²) in [6, 6.07) is 13.4. The predicted molar refractivity (Wildman–Crippen MR) is 83.3 cm³/mol. The highest BCUT2D eigenvalue weighted by molar-refractivity contribution is 7.17. The Kier molecular flexibility index (Phi) is 3.61. The molecule has 0 saturated carbocycles. The number of nitrogens with two attached hydrogens (primary N) is 1. The van der Waals surface area contributed by atoms with E-state index in [2.05, 4.69) is 15.1 Å². The van der Waals surface area contributed by atoms with E-state index in [1.807, 2.05) is 42.5 Å². The number of amidine groups is 1. The van der Waals surface area contributed by atoms with E-state index in [0.29, 0.717) is 10.6 Å². The highest BCUT2D eigenvalue weighted by Crippen LogP contribution is 2.33. The number of benzene rings is 1. The van der Waals surface area contributed by atoms with Crippen LogP contribution in [0.5, 0.6) is 0 Å². The van der Waals surface area contributed by atoms with Gasteiger partial charge in [0, 0.05) is 23.5 Å². The molecular weight excluding hydrogens is 284 g/mol. The maximum Gasteiger partial charge on any atom is 0.182 e. The first-order valence-corrected chi connectivity index (χ1v) is 7.06. The normalized spacial score (nSPS) is 11.5. The zero-order chi connectivity index (χ0) is 14.7. The van der Waals surface area contributed by atoms with Crippen LogP contribution in [0.4, 0.5) is 0 Å². The summed E-state index contributed by atoms with van der Waals surface area (Å²) in [7, 11) is 0. The molecule has 5 nitrogen and oxygen atoms in total. The zero-order valence-electron chi connectivity index (χ0n) is 11.0. The van der Waals surface area contributed by atoms with Crippen molar-refractivity contribution in [2.75, 3.05) is 0 Å². The Hall–Kier alpha value is -2.73. The van der Waals surface area contributed by atoms with Crippen molar-refractivity contribution in [3.8, 4) is 21.8 Å². The summed E-state index contributed by atoms with van der Waals surface area (Å²) in [6.07, 6.45) is 3.45. The molecule has 0 unspecified atom stereocenters. The molecule has 3 aromatic rings. The van der Waals surface area contributed by atoms with E-state index in [0.717, 1.165) is 16.1 Å². The molecule has 1 aromatic carbocycles. The third-order valence-electron chi connectivity index (χ3n) is 2.92. The van der Waals surface area contributed by atoms with Crippen LogP contribution in [0.25, 0.3) is 21.8 Å². The Labute approximate surface area is 125 Å². The number of thiazole rings is 1. The van der Waals surface area contributed by atoms with Crippen LogP contribution in [-0.2, 0) is 0 Å². The quantitative estimate of drug-likeness (QED) is 0.337. The van der Waals surface area contributed by atoms with Crippen molar-refractivity contribution >= 4 is 17.2 Å². The van der Waals surface area contributed by atoms with Gasteiger partial charge in [0.05, 0.1) is 5.69 Å². The minimum atomic E-state index is 0.0569. The molecule has 6 heteroatoms. The van der Waals surface area contributed by atoms with Gasteiger partial charge in [0.2, 0.25) is 0 Å². The van der Waals surface area contributed by atoms with Crippen molar-refractivity contribution in [3.05, 3.63) is 59.7 Å². The summed E-state index contributed by atoms with van der Waals surface area (Å²) in [4.78, 5) is 9.36. The fourth-order valence-electron chi connectivity index (χ4n) is 1.94. The Morgan fingerprint density at radius 2 is 1.86 bits per heavy atom. The number of hydrogen-bond donors (Lipinski definition) is 2. The molecular formula is C15H12N4OS. The number of oxime groups is 1. The number of nitrogens with zero attached hydrogens (tertiary/aromatic N) is 3. The molecule has 2 aromatic heterocycles. The van der Waals surface area contributed by atoms with Crippen LogP contribution in [0.2, 0.25) is 0 Å². The molecule has 0 amide bonds. The minimum absolute atomic E-state index is 0.0569. The molecule has 21 heavy (non-hydrogen) atoms. The van der Waals surface area contributed by atoms with Gasteiger partial charge in [0.25, 0.3) is 0 Å². The number of pyridine rings is 1. The first kappa shape index (κ1) is 13.3. The van der Waals surface area contributed by atoms with E-state index in [9.17, 15) is 0 Å². The van der Waals surface area contributed by atoms with Crippen molar-refractivity contribution in [3.63, 3.8) is 0 Å². The Morgan fingerprint density at radius 3 is 2.52 bits per heavy atom. The summed E-state index contributed by atoms with van der Waals surface area (Å²) in [5.74, 6) is 0.0569. The molecule has 0 radical (unpaired) electrons. The van der Waals surface area contributed by atoms with Gasteiger partial charge in [-0.3, -0.25) is 4.98 Å². The first-order valence-electron chi connectivity index (χ1n) is 6.24. The molecule has 0 fully saturated rings. The SMILES string of the molecule is N/C(=N/O)c1sc(-c2cccnc2)nc1-c1ccccc1. The summed E-state index contributed by atoms with van der Waals surface area (Å²) in [6.45, 7) is 0. The maximum absolute atomic E-state index is 8.97. The molecule has 0 aliphatic carbocycles. The highest BCUT2D eigenvalue weighted by atomic mass is 32.1.